The summed E-state index contributed by atoms with van der Waals surface area (Å²) in [6.07, 6.45) is 0. The minimum absolute atomic E-state index is 0.00391. The van der Waals surface area contributed by atoms with E-state index in [1.165, 1.54) is 0 Å². The molecule has 3 heteroatoms. The molecule has 2 aromatic rings. The Morgan fingerprint density at radius 1 is 1.17 bits per heavy atom. The maximum absolute atomic E-state index is 5.89. The van der Waals surface area contributed by atoms with Gasteiger partial charge < -0.3 is 10.5 Å². The van der Waals surface area contributed by atoms with Crippen LogP contribution in [0.5, 0.6) is 5.75 Å². The van der Waals surface area contributed by atoms with Crippen LogP contribution in [0.2, 0.25) is 0 Å². The number of benzene rings is 1. The molecule has 0 amide bonds. The first-order chi connectivity index (χ1) is 8.63. The van der Waals surface area contributed by atoms with Crippen molar-refractivity contribution in [3.8, 4) is 17.0 Å². The van der Waals surface area contributed by atoms with E-state index >= 15 is 0 Å². The predicted molar refractivity (Wildman–Crippen MR) is 73.6 cm³/mol. The quantitative estimate of drug-likeness (QED) is 0.899. The van der Waals surface area contributed by atoms with E-state index in [0.29, 0.717) is 0 Å². The highest BCUT2D eigenvalue weighted by molar-refractivity contribution is 5.67. The summed E-state index contributed by atoms with van der Waals surface area (Å²) in [4.78, 5) is 4.61. The Kier molecular flexibility index (Phi) is 3.63. The van der Waals surface area contributed by atoms with Crippen LogP contribution in [0.1, 0.15) is 24.2 Å². The average Bonchev–Trinajstić information content (AvgIpc) is 2.38. The fourth-order valence-corrected chi connectivity index (χ4v) is 2.06. The van der Waals surface area contributed by atoms with Gasteiger partial charge in [0.2, 0.25) is 0 Å². The number of ether oxygens (including phenoxy) is 1. The van der Waals surface area contributed by atoms with Gasteiger partial charge in [-0.15, -0.1) is 0 Å². The number of pyridine rings is 1. The van der Waals surface area contributed by atoms with Crippen LogP contribution < -0.4 is 10.5 Å². The van der Waals surface area contributed by atoms with E-state index in [4.69, 9.17) is 10.5 Å². The summed E-state index contributed by atoms with van der Waals surface area (Å²) in [5.41, 5.74) is 9.85. The molecule has 0 bridgehead atoms. The average molecular weight is 242 g/mol. The van der Waals surface area contributed by atoms with Crippen molar-refractivity contribution in [2.24, 2.45) is 5.73 Å². The molecule has 1 unspecified atom stereocenters. The van der Waals surface area contributed by atoms with Crippen LogP contribution >= 0.6 is 0 Å². The molecule has 1 atom stereocenters. The van der Waals surface area contributed by atoms with Crippen LogP contribution in [0.15, 0.2) is 36.4 Å². The number of para-hydroxylation sites is 1. The molecule has 0 radical (unpaired) electrons. The van der Waals surface area contributed by atoms with Crippen LogP contribution in [0.25, 0.3) is 11.3 Å². The smallest absolute Gasteiger partial charge is 0.128 e. The third-order valence-corrected chi connectivity index (χ3v) is 3.00. The Bertz CT molecular complexity index is 550. The Morgan fingerprint density at radius 2 is 1.89 bits per heavy atom. The summed E-state index contributed by atoms with van der Waals surface area (Å²) in [6.45, 7) is 3.95. The van der Waals surface area contributed by atoms with Crippen molar-refractivity contribution >= 4 is 0 Å². The first kappa shape index (κ1) is 12.6. The molecule has 94 valence electrons. The number of aryl methyl sites for hydroxylation is 1. The summed E-state index contributed by atoms with van der Waals surface area (Å²) in [6, 6.07) is 11.9. The molecule has 0 saturated carbocycles. The number of rotatable bonds is 3. The van der Waals surface area contributed by atoms with Crippen LogP contribution in [0, 0.1) is 6.92 Å². The molecule has 0 fully saturated rings. The standard InChI is InChI=1S/C15H18N2O/c1-10(16)12-8-9-14(17-11(12)2)13-6-4-5-7-15(13)18-3/h4-10H,16H2,1-3H3. The molecule has 0 aliphatic rings. The first-order valence-corrected chi connectivity index (χ1v) is 6.00. The van der Waals surface area contributed by atoms with Crippen molar-refractivity contribution in [2.45, 2.75) is 19.9 Å². The van der Waals surface area contributed by atoms with Crippen molar-refractivity contribution in [1.82, 2.24) is 4.98 Å². The number of nitrogens with zero attached hydrogens (tertiary/aromatic N) is 1. The molecule has 1 aromatic carbocycles. The van der Waals surface area contributed by atoms with Crippen LogP contribution in [-0.4, -0.2) is 12.1 Å². The van der Waals surface area contributed by atoms with Gasteiger partial charge in [-0.1, -0.05) is 18.2 Å². The molecular weight excluding hydrogens is 224 g/mol. The van der Waals surface area contributed by atoms with Crippen molar-refractivity contribution in [3.63, 3.8) is 0 Å². The number of nitrogens with two attached hydrogens (primary N) is 1. The zero-order chi connectivity index (χ0) is 13.1. The summed E-state index contributed by atoms with van der Waals surface area (Å²) in [7, 11) is 1.67. The van der Waals surface area contributed by atoms with Crippen molar-refractivity contribution in [2.75, 3.05) is 7.11 Å². The molecule has 18 heavy (non-hydrogen) atoms. The first-order valence-electron chi connectivity index (χ1n) is 6.00. The van der Waals surface area contributed by atoms with Crippen LogP contribution in [0.3, 0.4) is 0 Å². The molecule has 2 rings (SSSR count). The third-order valence-electron chi connectivity index (χ3n) is 3.00. The summed E-state index contributed by atoms with van der Waals surface area (Å²) in [5, 5.41) is 0. The van der Waals surface area contributed by atoms with Gasteiger partial charge in [0.25, 0.3) is 0 Å². The topological polar surface area (TPSA) is 48.1 Å². The number of hydrogen-bond donors (Lipinski definition) is 1. The van der Waals surface area contributed by atoms with E-state index in [1.54, 1.807) is 7.11 Å². The normalized spacial score (nSPS) is 12.2. The molecule has 0 aliphatic heterocycles. The highest BCUT2D eigenvalue weighted by Gasteiger charge is 2.10. The predicted octanol–water partition coefficient (Wildman–Crippen LogP) is 3.09. The molecule has 2 N–H and O–H groups in total. The fourth-order valence-electron chi connectivity index (χ4n) is 2.06. The lowest BCUT2D eigenvalue weighted by Gasteiger charge is -2.12. The van der Waals surface area contributed by atoms with Crippen molar-refractivity contribution in [3.05, 3.63) is 47.7 Å². The molecule has 0 aliphatic carbocycles. The van der Waals surface area contributed by atoms with E-state index in [9.17, 15) is 0 Å². The maximum Gasteiger partial charge on any atom is 0.128 e. The van der Waals surface area contributed by atoms with Gasteiger partial charge in [0.05, 0.1) is 12.8 Å². The lowest BCUT2D eigenvalue weighted by Crippen LogP contribution is -2.08. The van der Waals surface area contributed by atoms with E-state index in [0.717, 1.165) is 28.3 Å². The van der Waals surface area contributed by atoms with E-state index < -0.39 is 0 Å². The Balaban J connectivity index is 2.49. The number of aromatic nitrogens is 1. The number of methoxy groups -OCH3 is 1. The van der Waals surface area contributed by atoms with Gasteiger partial charge in [0.15, 0.2) is 0 Å². The van der Waals surface area contributed by atoms with Gasteiger partial charge >= 0.3 is 0 Å². The van der Waals surface area contributed by atoms with Gasteiger partial charge in [-0.25, -0.2) is 0 Å². The number of hydrogen-bond acceptors (Lipinski definition) is 3. The molecule has 3 nitrogen and oxygen atoms in total. The van der Waals surface area contributed by atoms with Gasteiger partial charge in [-0.2, -0.15) is 0 Å². The monoisotopic (exact) mass is 242 g/mol. The summed E-state index contributed by atoms with van der Waals surface area (Å²) >= 11 is 0. The molecule has 0 saturated heterocycles. The highest BCUT2D eigenvalue weighted by atomic mass is 16.5. The van der Waals surface area contributed by atoms with Gasteiger partial charge in [-0.3, -0.25) is 4.98 Å². The summed E-state index contributed by atoms with van der Waals surface area (Å²) in [5.74, 6) is 0.831. The molecule has 1 aromatic heterocycles. The van der Waals surface area contributed by atoms with Crippen molar-refractivity contribution in [1.29, 1.82) is 0 Å². The summed E-state index contributed by atoms with van der Waals surface area (Å²) < 4.78 is 5.35. The minimum Gasteiger partial charge on any atom is -0.496 e. The second-order valence-electron chi connectivity index (χ2n) is 4.36. The lowest BCUT2D eigenvalue weighted by molar-refractivity contribution is 0.416. The third kappa shape index (κ3) is 2.36. The highest BCUT2D eigenvalue weighted by Crippen LogP contribution is 2.29. The van der Waals surface area contributed by atoms with E-state index in [1.807, 2.05) is 50.2 Å². The minimum atomic E-state index is 0.00391. The van der Waals surface area contributed by atoms with Crippen molar-refractivity contribution < 1.29 is 4.74 Å². The fraction of sp³-hybridized carbons (Fsp3) is 0.267. The maximum atomic E-state index is 5.89. The second-order valence-corrected chi connectivity index (χ2v) is 4.36. The molecular formula is C15H18N2O. The SMILES string of the molecule is COc1ccccc1-c1ccc(C(C)N)c(C)n1. The Hall–Kier alpha value is -1.87. The zero-order valence-electron chi connectivity index (χ0n) is 11.0. The van der Waals surface area contributed by atoms with E-state index in [2.05, 4.69) is 4.98 Å². The van der Waals surface area contributed by atoms with Crippen LogP contribution in [-0.2, 0) is 0 Å². The molecule has 1 heterocycles. The van der Waals surface area contributed by atoms with Gasteiger partial charge in [0.1, 0.15) is 5.75 Å². The van der Waals surface area contributed by atoms with Crippen LogP contribution in [0.4, 0.5) is 0 Å². The largest absolute Gasteiger partial charge is 0.496 e. The zero-order valence-corrected chi connectivity index (χ0v) is 11.0. The second kappa shape index (κ2) is 5.19. The Morgan fingerprint density at radius 3 is 2.50 bits per heavy atom. The molecule has 0 spiro atoms. The Labute approximate surface area is 108 Å². The van der Waals surface area contributed by atoms with Gasteiger partial charge in [0, 0.05) is 17.3 Å². The van der Waals surface area contributed by atoms with Gasteiger partial charge in [-0.05, 0) is 37.6 Å². The van der Waals surface area contributed by atoms with E-state index in [-0.39, 0.29) is 6.04 Å². The lowest BCUT2D eigenvalue weighted by atomic mass is 10.0.